The molecular weight excluding hydrogens is 122 g/mol. The Hall–Kier alpha value is -0.310. The molecule has 0 rings (SSSR count). The van der Waals surface area contributed by atoms with Gasteiger partial charge in [-0.3, -0.25) is 0 Å². The lowest BCUT2D eigenvalue weighted by Gasteiger charge is -2.01. The minimum atomic E-state index is 0.367. The predicted molar refractivity (Wildman–Crippen MR) is 37.3 cm³/mol. The van der Waals surface area contributed by atoms with Crippen molar-refractivity contribution < 1.29 is 4.74 Å². The van der Waals surface area contributed by atoms with E-state index in [9.17, 15) is 0 Å². The first-order valence-corrected chi connectivity index (χ1v) is 2.92. The predicted octanol–water partition coefficient (Wildman–Crippen LogP) is 1.08. The second-order valence-electron chi connectivity index (χ2n) is 1.36. The standard InChI is InChI=1S/C5H10NOS/c1-3-4-6-5(8)7-2/h2-4H2,1H3,(H,6,8). The van der Waals surface area contributed by atoms with Crippen molar-refractivity contribution >= 4 is 17.4 Å². The summed E-state index contributed by atoms with van der Waals surface area (Å²) in [6, 6.07) is 0. The molecule has 0 spiro atoms. The van der Waals surface area contributed by atoms with Gasteiger partial charge in [-0.2, -0.15) is 0 Å². The molecule has 1 radical (unpaired) electrons. The van der Waals surface area contributed by atoms with E-state index in [-0.39, 0.29) is 0 Å². The van der Waals surface area contributed by atoms with Crippen molar-refractivity contribution in [2.24, 2.45) is 0 Å². The van der Waals surface area contributed by atoms with Crippen LogP contribution >= 0.6 is 12.2 Å². The van der Waals surface area contributed by atoms with Gasteiger partial charge in [0.05, 0.1) is 0 Å². The maximum atomic E-state index is 4.62. The molecule has 8 heavy (non-hydrogen) atoms. The van der Waals surface area contributed by atoms with E-state index in [1.165, 1.54) is 0 Å². The summed E-state index contributed by atoms with van der Waals surface area (Å²) in [6.45, 7) is 2.91. The lowest BCUT2D eigenvalue weighted by atomic mass is 10.5. The van der Waals surface area contributed by atoms with E-state index in [0.717, 1.165) is 13.0 Å². The van der Waals surface area contributed by atoms with Crippen molar-refractivity contribution in [2.45, 2.75) is 13.3 Å². The Morgan fingerprint density at radius 3 is 2.88 bits per heavy atom. The highest BCUT2D eigenvalue weighted by Gasteiger charge is 1.86. The summed E-state index contributed by atoms with van der Waals surface area (Å²) in [5.41, 5.74) is 0. The van der Waals surface area contributed by atoms with Gasteiger partial charge < -0.3 is 10.1 Å². The normalized spacial score (nSPS) is 8.25. The SMILES string of the molecule is [CH2]OC(=S)NCCC. The summed E-state index contributed by atoms with van der Waals surface area (Å²) >= 11 is 4.62. The Labute approximate surface area is 55.2 Å². The van der Waals surface area contributed by atoms with Gasteiger partial charge in [0.2, 0.25) is 0 Å². The van der Waals surface area contributed by atoms with E-state index in [1.54, 1.807) is 0 Å². The van der Waals surface area contributed by atoms with Gasteiger partial charge in [-0.05, 0) is 18.6 Å². The quantitative estimate of drug-likeness (QED) is 0.568. The van der Waals surface area contributed by atoms with E-state index < -0.39 is 0 Å². The van der Waals surface area contributed by atoms with Crippen LogP contribution in [-0.4, -0.2) is 11.7 Å². The van der Waals surface area contributed by atoms with Crippen LogP contribution in [0.25, 0.3) is 0 Å². The van der Waals surface area contributed by atoms with Crippen molar-refractivity contribution in [2.75, 3.05) is 6.54 Å². The second kappa shape index (κ2) is 4.84. The molecule has 0 amide bonds. The Balaban J connectivity index is 2.99. The zero-order valence-corrected chi connectivity index (χ0v) is 5.75. The summed E-state index contributed by atoms with van der Waals surface area (Å²) in [4.78, 5) is 0. The van der Waals surface area contributed by atoms with Crippen LogP contribution in [0.5, 0.6) is 0 Å². The fourth-order valence-electron chi connectivity index (χ4n) is 0.278. The molecule has 0 saturated heterocycles. The van der Waals surface area contributed by atoms with Crippen LogP contribution in [0.2, 0.25) is 0 Å². The minimum Gasteiger partial charge on any atom is -0.467 e. The number of ether oxygens (including phenoxy) is 1. The minimum absolute atomic E-state index is 0.367. The molecule has 0 aromatic carbocycles. The third kappa shape index (κ3) is 3.87. The molecule has 0 aromatic rings. The molecule has 0 aliphatic rings. The third-order valence-electron chi connectivity index (χ3n) is 0.650. The molecule has 0 unspecified atom stereocenters. The first-order valence-electron chi connectivity index (χ1n) is 2.51. The maximum Gasteiger partial charge on any atom is 0.256 e. The van der Waals surface area contributed by atoms with Crippen molar-refractivity contribution in [3.05, 3.63) is 7.11 Å². The molecular formula is C5H10NOS. The largest absolute Gasteiger partial charge is 0.467 e. The molecule has 1 N–H and O–H groups in total. The number of rotatable bonds is 2. The lowest BCUT2D eigenvalue weighted by molar-refractivity contribution is 0.450. The van der Waals surface area contributed by atoms with Crippen molar-refractivity contribution in [1.82, 2.24) is 5.32 Å². The summed E-state index contributed by atoms with van der Waals surface area (Å²) in [5, 5.41) is 3.20. The summed E-state index contributed by atoms with van der Waals surface area (Å²) in [7, 11) is 3.13. The summed E-state index contributed by atoms with van der Waals surface area (Å²) < 4.78 is 4.42. The Bertz CT molecular complexity index is 74.8. The van der Waals surface area contributed by atoms with Gasteiger partial charge in [-0.1, -0.05) is 6.92 Å². The average Bonchev–Trinajstić information content (AvgIpc) is 1.83. The molecule has 0 aliphatic carbocycles. The van der Waals surface area contributed by atoms with Gasteiger partial charge in [-0.25, -0.2) is 0 Å². The van der Waals surface area contributed by atoms with Crippen LogP contribution in [0.1, 0.15) is 13.3 Å². The fourth-order valence-corrected chi connectivity index (χ4v) is 0.380. The fraction of sp³-hybridized carbons (Fsp3) is 0.600. The zero-order chi connectivity index (χ0) is 6.41. The van der Waals surface area contributed by atoms with E-state index in [2.05, 4.69) is 36.3 Å². The van der Waals surface area contributed by atoms with Gasteiger partial charge in [-0.15, -0.1) is 0 Å². The molecule has 0 fully saturated rings. The van der Waals surface area contributed by atoms with E-state index in [4.69, 9.17) is 0 Å². The Morgan fingerprint density at radius 1 is 1.88 bits per heavy atom. The van der Waals surface area contributed by atoms with Crippen molar-refractivity contribution in [3.63, 3.8) is 0 Å². The van der Waals surface area contributed by atoms with Gasteiger partial charge in [0.1, 0.15) is 7.11 Å². The number of nitrogens with one attached hydrogen (secondary N) is 1. The smallest absolute Gasteiger partial charge is 0.256 e. The molecule has 3 heteroatoms. The summed E-state index contributed by atoms with van der Waals surface area (Å²) in [6.07, 6.45) is 1.05. The Kier molecular flexibility index (Phi) is 4.65. The number of hydrogen-bond donors (Lipinski definition) is 1. The molecule has 0 atom stereocenters. The third-order valence-corrected chi connectivity index (χ3v) is 0.913. The maximum absolute atomic E-state index is 4.62. The van der Waals surface area contributed by atoms with Gasteiger partial charge in [0, 0.05) is 6.54 Å². The second-order valence-corrected chi connectivity index (χ2v) is 1.73. The Morgan fingerprint density at radius 2 is 2.50 bits per heavy atom. The molecule has 47 valence electrons. The van der Waals surface area contributed by atoms with Crippen LogP contribution in [0.4, 0.5) is 0 Å². The van der Waals surface area contributed by atoms with Crippen LogP contribution in [0, 0.1) is 7.11 Å². The molecule has 2 nitrogen and oxygen atoms in total. The molecule has 0 aliphatic heterocycles. The molecule has 0 aromatic heterocycles. The molecule has 0 bridgehead atoms. The van der Waals surface area contributed by atoms with Crippen LogP contribution < -0.4 is 5.32 Å². The van der Waals surface area contributed by atoms with Crippen molar-refractivity contribution in [3.8, 4) is 0 Å². The van der Waals surface area contributed by atoms with E-state index in [1.807, 2.05) is 0 Å². The van der Waals surface area contributed by atoms with E-state index in [0.29, 0.717) is 5.17 Å². The zero-order valence-electron chi connectivity index (χ0n) is 4.94. The first-order chi connectivity index (χ1) is 3.81. The monoisotopic (exact) mass is 132 g/mol. The van der Waals surface area contributed by atoms with Crippen molar-refractivity contribution in [1.29, 1.82) is 0 Å². The lowest BCUT2D eigenvalue weighted by Crippen LogP contribution is -2.22. The first kappa shape index (κ1) is 7.69. The van der Waals surface area contributed by atoms with Gasteiger partial charge in [0.15, 0.2) is 0 Å². The highest BCUT2D eigenvalue weighted by atomic mass is 32.1. The van der Waals surface area contributed by atoms with Crippen LogP contribution in [0.3, 0.4) is 0 Å². The summed E-state index contributed by atoms with van der Waals surface area (Å²) in [5.74, 6) is 0. The number of hydrogen-bond acceptors (Lipinski definition) is 2. The van der Waals surface area contributed by atoms with Crippen LogP contribution in [-0.2, 0) is 4.74 Å². The topological polar surface area (TPSA) is 21.3 Å². The van der Waals surface area contributed by atoms with Gasteiger partial charge in [0.25, 0.3) is 5.17 Å². The van der Waals surface area contributed by atoms with Crippen LogP contribution in [0.15, 0.2) is 0 Å². The molecule has 0 heterocycles. The van der Waals surface area contributed by atoms with Gasteiger partial charge >= 0.3 is 0 Å². The number of thiocarbonyl (C=S) groups is 1. The highest BCUT2D eigenvalue weighted by molar-refractivity contribution is 7.80. The van der Waals surface area contributed by atoms with E-state index >= 15 is 0 Å². The highest BCUT2D eigenvalue weighted by Crippen LogP contribution is 1.75. The average molecular weight is 132 g/mol. The molecule has 0 saturated carbocycles.